The highest BCUT2D eigenvalue weighted by Crippen LogP contribution is 2.26. The molecule has 0 amide bonds. The molecular weight excluding hydrogens is 264 g/mol. The quantitative estimate of drug-likeness (QED) is 0.915. The molecule has 0 atom stereocenters. The van der Waals surface area contributed by atoms with E-state index in [1.54, 1.807) is 6.20 Å². The van der Waals surface area contributed by atoms with E-state index in [1.165, 1.54) is 0 Å². The molecule has 1 aliphatic rings. The molecule has 110 valence electrons. The number of ether oxygens (including phenoxy) is 2. The molecule has 1 saturated heterocycles. The Hall–Kier alpha value is -2.07. The summed E-state index contributed by atoms with van der Waals surface area (Å²) in [6, 6.07) is 14.4. The van der Waals surface area contributed by atoms with Crippen LogP contribution in [0.1, 0.15) is 18.5 Å². The lowest BCUT2D eigenvalue weighted by Gasteiger charge is -2.25. The van der Waals surface area contributed by atoms with E-state index in [0.29, 0.717) is 12.6 Å². The molecule has 0 spiro atoms. The fourth-order valence-corrected chi connectivity index (χ4v) is 2.41. The number of hydrogen-bond donors (Lipinski definition) is 1. The van der Waals surface area contributed by atoms with Gasteiger partial charge in [-0.1, -0.05) is 18.2 Å². The van der Waals surface area contributed by atoms with Gasteiger partial charge in [-0.25, -0.2) is 0 Å². The van der Waals surface area contributed by atoms with Gasteiger partial charge in [0.2, 0.25) is 0 Å². The maximum absolute atomic E-state index is 5.91. The molecule has 4 heteroatoms. The van der Waals surface area contributed by atoms with Gasteiger partial charge in [0.25, 0.3) is 0 Å². The van der Waals surface area contributed by atoms with Crippen molar-refractivity contribution >= 4 is 5.69 Å². The maximum atomic E-state index is 5.91. The first-order chi connectivity index (χ1) is 10.4. The Labute approximate surface area is 125 Å². The van der Waals surface area contributed by atoms with Crippen LogP contribution in [0.3, 0.4) is 0 Å². The van der Waals surface area contributed by atoms with Crippen LogP contribution >= 0.6 is 0 Å². The molecule has 1 aromatic heterocycles. The molecule has 1 aliphatic heterocycles. The molecule has 1 aromatic carbocycles. The van der Waals surface area contributed by atoms with Gasteiger partial charge >= 0.3 is 0 Å². The predicted octanol–water partition coefficient (Wildman–Crippen LogP) is 3.25. The number of aromatic nitrogens is 1. The van der Waals surface area contributed by atoms with Gasteiger partial charge in [-0.05, 0) is 37.1 Å². The maximum Gasteiger partial charge on any atom is 0.142 e. The van der Waals surface area contributed by atoms with Gasteiger partial charge in [-0.15, -0.1) is 0 Å². The second kappa shape index (κ2) is 7.09. The standard InChI is InChI=1S/C17H20N2O2/c1-2-7-17(21-13-15-5-3-4-10-18-15)16(6-1)19-14-8-11-20-12-9-14/h1-7,10,14,19H,8-9,11-13H2. The minimum atomic E-state index is 0.457. The van der Waals surface area contributed by atoms with Crippen LogP contribution in [0.2, 0.25) is 0 Å². The number of para-hydroxylation sites is 2. The molecule has 21 heavy (non-hydrogen) atoms. The number of nitrogens with zero attached hydrogens (tertiary/aromatic N) is 1. The van der Waals surface area contributed by atoms with Crippen LogP contribution in [0.25, 0.3) is 0 Å². The Balaban J connectivity index is 1.64. The van der Waals surface area contributed by atoms with Crippen LogP contribution in [0.5, 0.6) is 5.75 Å². The van der Waals surface area contributed by atoms with Gasteiger partial charge < -0.3 is 14.8 Å². The first-order valence-electron chi connectivity index (χ1n) is 7.38. The van der Waals surface area contributed by atoms with Crippen LogP contribution in [0.4, 0.5) is 5.69 Å². The van der Waals surface area contributed by atoms with Crippen molar-refractivity contribution in [3.05, 3.63) is 54.4 Å². The first-order valence-corrected chi connectivity index (χ1v) is 7.38. The Bertz CT molecular complexity index is 554. The first kappa shape index (κ1) is 13.9. The van der Waals surface area contributed by atoms with Crippen LogP contribution in [0.15, 0.2) is 48.7 Å². The lowest BCUT2D eigenvalue weighted by molar-refractivity contribution is 0.0904. The number of benzene rings is 1. The summed E-state index contributed by atoms with van der Waals surface area (Å²) in [6.07, 6.45) is 3.86. The van der Waals surface area contributed by atoms with Crippen molar-refractivity contribution in [1.82, 2.24) is 4.98 Å². The average Bonchev–Trinajstić information content (AvgIpc) is 2.56. The molecule has 3 rings (SSSR count). The van der Waals surface area contributed by atoms with E-state index in [4.69, 9.17) is 9.47 Å². The van der Waals surface area contributed by atoms with Crippen LogP contribution < -0.4 is 10.1 Å². The predicted molar refractivity (Wildman–Crippen MR) is 82.5 cm³/mol. The topological polar surface area (TPSA) is 43.4 Å². The lowest BCUT2D eigenvalue weighted by atomic mass is 10.1. The second-order valence-electron chi connectivity index (χ2n) is 5.14. The molecular formula is C17H20N2O2. The summed E-state index contributed by atoms with van der Waals surface area (Å²) in [6.45, 7) is 2.14. The van der Waals surface area contributed by atoms with Gasteiger partial charge in [-0.3, -0.25) is 4.98 Å². The van der Waals surface area contributed by atoms with E-state index in [9.17, 15) is 0 Å². The van der Waals surface area contributed by atoms with Gasteiger partial charge in [0.05, 0.1) is 11.4 Å². The van der Waals surface area contributed by atoms with E-state index >= 15 is 0 Å². The summed E-state index contributed by atoms with van der Waals surface area (Å²) in [7, 11) is 0. The SMILES string of the molecule is c1ccc(COc2ccccc2NC2CCOCC2)nc1. The van der Waals surface area contributed by atoms with Gasteiger partial charge in [-0.2, -0.15) is 0 Å². The molecule has 0 aliphatic carbocycles. The van der Waals surface area contributed by atoms with Gasteiger partial charge in [0.1, 0.15) is 12.4 Å². The Morgan fingerprint density at radius 1 is 1.10 bits per heavy atom. The van der Waals surface area contributed by atoms with Crippen LogP contribution in [-0.4, -0.2) is 24.2 Å². The molecule has 1 N–H and O–H groups in total. The normalized spacial score (nSPS) is 15.6. The number of rotatable bonds is 5. The minimum absolute atomic E-state index is 0.457. The molecule has 0 radical (unpaired) electrons. The smallest absolute Gasteiger partial charge is 0.142 e. The highest BCUT2D eigenvalue weighted by atomic mass is 16.5. The summed E-state index contributed by atoms with van der Waals surface area (Å²) in [5.74, 6) is 0.870. The van der Waals surface area contributed by atoms with E-state index < -0.39 is 0 Å². The number of anilines is 1. The number of nitrogens with one attached hydrogen (secondary N) is 1. The fourth-order valence-electron chi connectivity index (χ4n) is 2.41. The molecule has 2 aromatic rings. The lowest BCUT2D eigenvalue weighted by Crippen LogP contribution is -2.28. The number of hydrogen-bond acceptors (Lipinski definition) is 4. The summed E-state index contributed by atoms with van der Waals surface area (Å²) < 4.78 is 11.3. The van der Waals surface area contributed by atoms with Crippen molar-refractivity contribution in [1.29, 1.82) is 0 Å². The molecule has 4 nitrogen and oxygen atoms in total. The van der Waals surface area contributed by atoms with E-state index in [0.717, 1.165) is 43.2 Å². The third-order valence-corrected chi connectivity index (χ3v) is 3.57. The Kier molecular flexibility index (Phi) is 4.69. The minimum Gasteiger partial charge on any atom is -0.485 e. The summed E-state index contributed by atoms with van der Waals surface area (Å²) in [4.78, 5) is 4.28. The Morgan fingerprint density at radius 2 is 1.90 bits per heavy atom. The highest BCUT2D eigenvalue weighted by Gasteiger charge is 2.15. The van der Waals surface area contributed by atoms with Crippen molar-refractivity contribution in [2.24, 2.45) is 0 Å². The van der Waals surface area contributed by atoms with Crippen molar-refractivity contribution in [2.45, 2.75) is 25.5 Å². The third kappa shape index (κ3) is 3.95. The summed E-state index contributed by atoms with van der Waals surface area (Å²) >= 11 is 0. The van der Waals surface area contributed by atoms with E-state index in [2.05, 4.69) is 16.4 Å². The van der Waals surface area contributed by atoms with E-state index in [1.807, 2.05) is 36.4 Å². The van der Waals surface area contributed by atoms with Crippen molar-refractivity contribution in [3.63, 3.8) is 0 Å². The molecule has 0 saturated carbocycles. The van der Waals surface area contributed by atoms with Crippen molar-refractivity contribution in [3.8, 4) is 5.75 Å². The summed E-state index contributed by atoms with van der Waals surface area (Å²) in [5.41, 5.74) is 1.97. The highest BCUT2D eigenvalue weighted by molar-refractivity contribution is 5.56. The average molecular weight is 284 g/mol. The zero-order valence-corrected chi connectivity index (χ0v) is 12.0. The molecule has 0 bridgehead atoms. The third-order valence-electron chi connectivity index (χ3n) is 3.57. The zero-order valence-electron chi connectivity index (χ0n) is 12.0. The van der Waals surface area contributed by atoms with Gasteiger partial charge in [0.15, 0.2) is 0 Å². The van der Waals surface area contributed by atoms with E-state index in [-0.39, 0.29) is 0 Å². The largest absolute Gasteiger partial charge is 0.485 e. The van der Waals surface area contributed by atoms with Crippen LogP contribution in [-0.2, 0) is 11.3 Å². The number of pyridine rings is 1. The Morgan fingerprint density at radius 3 is 2.71 bits per heavy atom. The second-order valence-corrected chi connectivity index (χ2v) is 5.14. The van der Waals surface area contributed by atoms with Gasteiger partial charge in [0, 0.05) is 25.5 Å². The molecule has 2 heterocycles. The molecule has 1 fully saturated rings. The monoisotopic (exact) mass is 284 g/mol. The van der Waals surface area contributed by atoms with Crippen LogP contribution in [0, 0.1) is 0 Å². The fraction of sp³-hybridized carbons (Fsp3) is 0.353. The summed E-state index contributed by atoms with van der Waals surface area (Å²) in [5, 5.41) is 3.56. The van der Waals surface area contributed by atoms with Crippen molar-refractivity contribution in [2.75, 3.05) is 18.5 Å². The zero-order chi connectivity index (χ0) is 14.3. The van der Waals surface area contributed by atoms with Crippen molar-refractivity contribution < 1.29 is 9.47 Å². The molecule has 0 unspecified atom stereocenters.